The normalized spacial score (nSPS) is 24.2. The van der Waals surface area contributed by atoms with Gasteiger partial charge in [0, 0.05) is 67.1 Å². The van der Waals surface area contributed by atoms with Gasteiger partial charge in [-0.3, -0.25) is 52.4 Å². The summed E-state index contributed by atoms with van der Waals surface area (Å²) >= 11 is 14.4. The van der Waals surface area contributed by atoms with Crippen LogP contribution in [0.2, 0.25) is 10.0 Å². The number of hydrogen-bond donors (Lipinski definition) is 24. The quantitative estimate of drug-likeness (QED) is 0.0102. The molecule has 7 aliphatic heterocycles. The summed E-state index contributed by atoms with van der Waals surface area (Å²) in [6.07, 6.45) is -13.7. The van der Waals surface area contributed by atoms with Gasteiger partial charge in [0.25, 0.3) is 0 Å². The molecule has 51 heteroatoms. The van der Waals surface area contributed by atoms with Crippen molar-refractivity contribution in [2.75, 3.05) is 58.5 Å². The molecule has 7 heterocycles. The summed E-state index contributed by atoms with van der Waals surface area (Å²) in [6, 6.07) is 3.65. The van der Waals surface area contributed by atoms with Crippen molar-refractivity contribution < 1.29 is 170 Å². The van der Waals surface area contributed by atoms with Crippen molar-refractivity contribution in [3.63, 3.8) is 0 Å². The zero-order valence-electron chi connectivity index (χ0n) is 79.7. The Labute approximate surface area is 841 Å². The molecule has 47 nitrogen and oxygen atoms in total. The van der Waals surface area contributed by atoms with Gasteiger partial charge in [-0.25, -0.2) is 14.4 Å². The maximum Gasteiger partial charge on any atom is 0.413 e. The number of carbonyl (C=O) groups is 11. The van der Waals surface area contributed by atoms with Crippen LogP contribution in [0.1, 0.15) is 183 Å². The number of esters is 1. The number of aromatic hydroxyl groups is 3. The number of para-hydroxylation sites is 1. The number of nitrogens with one attached hydrogen (secondary N) is 9. The van der Waals surface area contributed by atoms with E-state index in [-0.39, 0.29) is 49.0 Å². The lowest BCUT2D eigenvalue weighted by Crippen LogP contribution is -2.65. The van der Waals surface area contributed by atoms with Crippen LogP contribution in [0, 0.1) is 5.92 Å². The molecule has 25 N–H and O–H groups in total. The molecule has 0 radical (unpaired) electrons. The van der Waals surface area contributed by atoms with Crippen LogP contribution >= 0.6 is 38.4 Å². The zero-order chi connectivity index (χ0) is 106. The van der Waals surface area contributed by atoms with Crippen LogP contribution in [-0.2, 0) is 76.0 Å². The van der Waals surface area contributed by atoms with Crippen molar-refractivity contribution >= 4 is 109 Å². The van der Waals surface area contributed by atoms with Gasteiger partial charge in [0.2, 0.25) is 60.2 Å². The Balaban J connectivity index is 0.998. The first-order chi connectivity index (χ1) is 68.6. The molecule has 18 atom stereocenters. The van der Waals surface area contributed by atoms with Crippen molar-refractivity contribution in [1.82, 2.24) is 52.3 Å². The number of benzene rings is 6. The Bertz CT molecular complexity index is 5730. The number of hydrogen-bond acceptors (Lipinski definition) is 32. The Hall–Kier alpha value is -11.7. The molecule has 6 aromatic carbocycles. The molecule has 0 aliphatic carbocycles. The summed E-state index contributed by atoms with van der Waals surface area (Å²) in [5, 5.41) is 138. The lowest BCUT2D eigenvalue weighted by molar-refractivity contribution is -0.334. The Morgan fingerprint density at radius 1 is 0.655 bits per heavy atom. The number of nitrogens with zero attached hydrogens (tertiary/aromatic N) is 2. The molecular formula is C94H122Cl2N12O35P2. The minimum absolute atomic E-state index is 0.173. The van der Waals surface area contributed by atoms with Crippen LogP contribution < -0.4 is 67.8 Å². The average Bonchev–Trinajstić information content (AvgIpc) is 0.782. The zero-order valence-corrected chi connectivity index (χ0v) is 83.0. The van der Waals surface area contributed by atoms with Crippen LogP contribution in [0.5, 0.6) is 46.0 Å². The number of likely N-dealkylation sites (N-methyl/N-ethyl adjacent to an activating group) is 1. The number of carboxylic acids is 1. The van der Waals surface area contributed by atoms with Gasteiger partial charge >= 0.3 is 39.3 Å². The van der Waals surface area contributed by atoms with Crippen molar-refractivity contribution in [2.45, 2.75) is 239 Å². The molecule has 792 valence electrons. The molecule has 13 rings (SSSR count). The smallest absolute Gasteiger partial charge is 0.413 e. The number of carbonyl (C=O) groups excluding carboxylic acids is 10. The van der Waals surface area contributed by atoms with Crippen molar-refractivity contribution in [3.8, 4) is 57.1 Å². The number of primary amides is 1. The van der Waals surface area contributed by atoms with Crippen molar-refractivity contribution in [3.05, 3.63) is 147 Å². The minimum Gasteiger partial charge on any atom is -0.508 e. The highest BCUT2D eigenvalue weighted by molar-refractivity contribution is 7.70. The number of amides is 10. The van der Waals surface area contributed by atoms with Crippen LogP contribution in [-0.4, -0.2) is 283 Å². The van der Waals surface area contributed by atoms with Gasteiger partial charge in [-0.2, -0.15) is 0 Å². The molecule has 11 bridgehead atoms. The van der Waals surface area contributed by atoms with Gasteiger partial charge in [0.05, 0.1) is 35.3 Å². The number of carboxylic acid groups (broad SMARTS) is 1. The van der Waals surface area contributed by atoms with E-state index in [2.05, 4.69) is 54.8 Å². The summed E-state index contributed by atoms with van der Waals surface area (Å²) in [7, 11) is -9.64. The number of ether oxygens (including phenoxy) is 8. The fraction of sp³-hybridized carbons (Fsp3) is 0.500. The number of nitrogens with two attached hydrogens (primary N) is 1. The SMILES string of the molecule is CCCCCCCCCCNCCN[C@@]1(C)C[C@H](O[C@H]2[C@H](Oc3c4cc5cc3Oc3ccc(cc3Cl)[C@@H](O)[C@@H](NC(=O)[C@@H](CC(C)C)N(C)C(=O)OCOC(=O)CN(CCCCC(P(=O)(O)O)P(=O)(O)O)C(=O)Nc3ccccc3)C(=O)N[C@@H](CC(N)=O)C(=O)N[C@H]5C(=O)N[C@H]3C(=O)N[C@H](C(=O)N[C@H](C(=O)O)c5cc(O)cc(O)c5-c5cc3ccc5O)[C@H](O)c3ccc(c(Cl)c3)O4)O[C@H](CO)[C@@H](O)[C@@H]2O)O[C@@H](C)[C@H]1O. The third kappa shape index (κ3) is 29.4. The first-order valence-electron chi connectivity index (χ1n) is 46.8. The third-order valence-electron chi connectivity index (χ3n) is 25.1. The largest absolute Gasteiger partial charge is 0.508 e. The number of anilines is 1. The molecule has 0 unspecified atom stereocenters. The third-order valence-corrected chi connectivity index (χ3v) is 29.6. The van der Waals surface area contributed by atoms with E-state index < -0.39 is 318 Å². The lowest BCUT2D eigenvalue weighted by Gasteiger charge is -2.48. The van der Waals surface area contributed by atoms with Gasteiger partial charge in [0.1, 0.15) is 102 Å². The standard InChI is InChI=1S/C94H122Cl2N12O35P2/c1-7-8-9-10-11-12-13-18-29-98-30-31-99-94(5)42-69(138-47(4)83(94)119)142-82-80(118)79(117)66(44-109)141-91(82)143-81-64-37-51-38-65(81)140-63-28-25-50(36-57(63)96)78(116)76-89(125)104-74(90(126)127)55-39-53(110)40-61(112)71(55)54-34-48(23-26-60(54)111)72(86(122)106-76)103-87(123)73(51)102-84(120)58(41-67(97)113)101-88(124)75(77(115)49-24-27-62(139-64)56(95)35-49)105-85(121)59(33-46(2)3)107(6)93(129)137-45-136-68(114)43-108(92(128)100-52-20-15-14-16-21-52)32-19-17-22-70(144(130,131)132)145(133,134)135/h14-16,20-21,23-28,34-40,46-47,58-59,66,69-70,72-80,82-83,91,98-99,109-112,115-119H,7-13,17-19,22,29-33,41-45H2,1-6H3,(H2,97,113)(H,100,128)(H,101,124)(H,102,120)(H,103,123)(H,104,125)(H,105,121)(H,106,122)(H,126,127)(H2,130,131,132)(H2,133,134,135)/t47-,58-,59+,66+,69-,72+,73+,74-,75+,76-,77+,78+,79+,80-,82+,83+,91-,94-/m0/s1. The Morgan fingerprint density at radius 3 is 1.88 bits per heavy atom. The van der Waals surface area contributed by atoms with E-state index in [4.69, 9.17) is 66.8 Å². The lowest BCUT2D eigenvalue weighted by atomic mass is 9.85. The fourth-order valence-corrected chi connectivity index (χ4v) is 20.4. The highest BCUT2D eigenvalue weighted by Crippen LogP contribution is 2.62. The number of halogens is 2. The van der Waals surface area contributed by atoms with Crippen molar-refractivity contribution in [2.24, 2.45) is 11.7 Å². The second-order valence-electron chi connectivity index (χ2n) is 36.5. The van der Waals surface area contributed by atoms with Crippen LogP contribution in [0.3, 0.4) is 0 Å². The highest BCUT2D eigenvalue weighted by Gasteiger charge is 2.53. The van der Waals surface area contributed by atoms with E-state index in [1.165, 1.54) is 31.4 Å². The molecule has 6 aromatic rings. The first kappa shape index (κ1) is 114. The summed E-state index contributed by atoms with van der Waals surface area (Å²) in [5.41, 5.74) is 1.45. The molecule has 2 saturated heterocycles. The molecule has 2 fully saturated rings. The molecule has 0 saturated carbocycles. The first-order valence-corrected chi connectivity index (χ1v) is 50.9. The summed E-state index contributed by atoms with van der Waals surface area (Å²) in [5.74, 6) is -19.5. The maximum atomic E-state index is 16.5. The minimum atomic E-state index is -5.34. The molecule has 0 aromatic heterocycles. The van der Waals surface area contributed by atoms with Crippen LogP contribution in [0.4, 0.5) is 15.3 Å². The number of fused-ring (bicyclic) bond motifs is 15. The van der Waals surface area contributed by atoms with Gasteiger partial charge in [0.15, 0.2) is 35.3 Å². The molecule has 0 spiro atoms. The van der Waals surface area contributed by atoms with Gasteiger partial charge < -0.3 is 167 Å². The van der Waals surface area contributed by atoms with Crippen LogP contribution in [0.15, 0.2) is 109 Å². The number of phenolic OH excluding ortho intramolecular Hbond substituents is 3. The van der Waals surface area contributed by atoms with Crippen LogP contribution in [0.25, 0.3) is 11.1 Å². The maximum absolute atomic E-state index is 16.5. The molecule has 10 amide bonds. The second kappa shape index (κ2) is 50.6. The summed E-state index contributed by atoms with van der Waals surface area (Å²) < 4.78 is 74.0. The number of aliphatic hydroxyl groups excluding tert-OH is 6. The van der Waals surface area contributed by atoms with E-state index in [0.717, 1.165) is 129 Å². The number of rotatable bonds is 38. The highest BCUT2D eigenvalue weighted by atomic mass is 35.5. The van der Waals surface area contributed by atoms with Gasteiger partial charge in [-0.15, -0.1) is 0 Å². The number of phenols is 3. The topological polar surface area (TPSA) is 720 Å². The van der Waals surface area contributed by atoms with E-state index >= 15 is 28.8 Å². The Morgan fingerprint density at radius 2 is 1.27 bits per heavy atom. The van der Waals surface area contributed by atoms with E-state index in [1.54, 1.807) is 45.9 Å². The van der Waals surface area contributed by atoms with E-state index in [9.17, 15) is 104 Å². The number of unbranched alkanes of at least 4 members (excludes halogenated alkanes) is 8. The number of aliphatic carboxylic acids is 1. The van der Waals surface area contributed by atoms with Crippen molar-refractivity contribution in [1.29, 1.82) is 0 Å². The summed E-state index contributed by atoms with van der Waals surface area (Å²) in [4.78, 5) is 203. The van der Waals surface area contributed by atoms with Gasteiger partial charge in [-0.1, -0.05) is 132 Å². The molecule has 145 heavy (non-hydrogen) atoms. The number of urea groups is 1. The van der Waals surface area contributed by atoms with E-state index in [1.807, 2.05) is 0 Å². The number of aliphatic hydroxyl groups is 6. The monoisotopic (exact) mass is 2110 g/mol. The van der Waals surface area contributed by atoms with E-state index in [0.29, 0.717) is 18.0 Å². The van der Waals surface area contributed by atoms with Gasteiger partial charge in [-0.05, 0) is 141 Å². The average molecular weight is 2110 g/mol. The predicted molar refractivity (Wildman–Crippen MR) is 513 cm³/mol. The fourth-order valence-electron chi connectivity index (χ4n) is 17.4. The summed E-state index contributed by atoms with van der Waals surface area (Å²) in [6.45, 7) is 6.62. The predicted octanol–water partition coefficient (Wildman–Crippen LogP) is 5.20. The Kier molecular flexibility index (Phi) is 39.7. The molecular weight excluding hydrogens is 1990 g/mol. The molecule has 7 aliphatic rings. The second-order valence-corrected chi connectivity index (χ2v) is 41.3.